The summed E-state index contributed by atoms with van der Waals surface area (Å²) in [5.41, 5.74) is 4.81. The SMILES string of the molecule is Nc1cc(F)c(F)c(CF)c1. The smallest absolute Gasteiger partial charge is 0.164 e. The summed E-state index contributed by atoms with van der Waals surface area (Å²) in [6, 6.07) is 1.88. The van der Waals surface area contributed by atoms with Crippen LogP contribution in [0.3, 0.4) is 0 Å². The highest BCUT2D eigenvalue weighted by molar-refractivity contribution is 5.41. The molecule has 0 spiro atoms. The number of benzene rings is 1. The maximum Gasteiger partial charge on any atom is 0.164 e. The highest BCUT2D eigenvalue weighted by Crippen LogP contribution is 2.16. The van der Waals surface area contributed by atoms with E-state index in [1.165, 1.54) is 0 Å². The van der Waals surface area contributed by atoms with Crippen LogP contribution in [0.15, 0.2) is 12.1 Å². The molecule has 1 nitrogen and oxygen atoms in total. The van der Waals surface area contributed by atoms with Gasteiger partial charge < -0.3 is 5.73 Å². The van der Waals surface area contributed by atoms with E-state index < -0.39 is 18.3 Å². The average molecular weight is 161 g/mol. The number of anilines is 1. The van der Waals surface area contributed by atoms with Crippen molar-refractivity contribution >= 4 is 5.69 Å². The molecule has 0 amide bonds. The van der Waals surface area contributed by atoms with E-state index in [2.05, 4.69) is 0 Å². The van der Waals surface area contributed by atoms with Crippen LogP contribution in [0.1, 0.15) is 5.56 Å². The topological polar surface area (TPSA) is 26.0 Å². The Hall–Kier alpha value is -1.19. The molecule has 2 N–H and O–H groups in total. The summed E-state index contributed by atoms with van der Waals surface area (Å²) >= 11 is 0. The fourth-order valence-electron chi connectivity index (χ4n) is 0.767. The third-order valence-corrected chi connectivity index (χ3v) is 1.27. The van der Waals surface area contributed by atoms with Gasteiger partial charge in [-0.25, -0.2) is 13.2 Å². The molecule has 0 heterocycles. The molecule has 0 aliphatic heterocycles. The maximum atomic E-state index is 12.5. The van der Waals surface area contributed by atoms with E-state index in [4.69, 9.17) is 5.73 Å². The zero-order chi connectivity index (χ0) is 8.43. The zero-order valence-electron chi connectivity index (χ0n) is 5.57. The van der Waals surface area contributed by atoms with E-state index in [9.17, 15) is 13.2 Å². The molecular weight excluding hydrogens is 155 g/mol. The van der Waals surface area contributed by atoms with Gasteiger partial charge in [0.2, 0.25) is 0 Å². The van der Waals surface area contributed by atoms with Crippen molar-refractivity contribution in [2.45, 2.75) is 6.67 Å². The van der Waals surface area contributed by atoms with Crippen LogP contribution in [0.4, 0.5) is 18.9 Å². The third-order valence-electron chi connectivity index (χ3n) is 1.27. The van der Waals surface area contributed by atoms with Crippen molar-refractivity contribution < 1.29 is 13.2 Å². The van der Waals surface area contributed by atoms with Crippen LogP contribution in [0, 0.1) is 11.6 Å². The van der Waals surface area contributed by atoms with Crippen LogP contribution in [0.2, 0.25) is 0 Å². The molecule has 0 atom stereocenters. The van der Waals surface area contributed by atoms with Gasteiger partial charge in [-0.3, -0.25) is 0 Å². The highest BCUT2D eigenvalue weighted by atomic mass is 19.2. The summed E-state index contributed by atoms with van der Waals surface area (Å²) in [5.74, 6) is -2.28. The van der Waals surface area contributed by atoms with Gasteiger partial charge in [0, 0.05) is 11.3 Å². The largest absolute Gasteiger partial charge is 0.399 e. The van der Waals surface area contributed by atoms with E-state index in [-0.39, 0.29) is 11.3 Å². The number of nitrogen functional groups attached to an aromatic ring is 1. The standard InChI is InChI=1S/C7H6F3N/c8-3-4-1-5(11)2-6(9)7(4)10/h1-2H,3,11H2. The number of nitrogens with two attached hydrogens (primary N) is 1. The van der Waals surface area contributed by atoms with Crippen molar-refractivity contribution in [3.63, 3.8) is 0 Å². The Kier molecular flexibility index (Phi) is 2.03. The van der Waals surface area contributed by atoms with E-state index in [0.717, 1.165) is 12.1 Å². The number of alkyl halides is 1. The number of rotatable bonds is 1. The van der Waals surface area contributed by atoms with Crippen LogP contribution in [-0.4, -0.2) is 0 Å². The van der Waals surface area contributed by atoms with Crippen LogP contribution in [-0.2, 0) is 6.67 Å². The molecule has 11 heavy (non-hydrogen) atoms. The van der Waals surface area contributed by atoms with Crippen molar-refractivity contribution in [2.75, 3.05) is 5.73 Å². The van der Waals surface area contributed by atoms with Crippen LogP contribution < -0.4 is 5.73 Å². The summed E-state index contributed by atoms with van der Waals surface area (Å²) in [7, 11) is 0. The van der Waals surface area contributed by atoms with Gasteiger partial charge >= 0.3 is 0 Å². The second-order valence-corrected chi connectivity index (χ2v) is 2.11. The lowest BCUT2D eigenvalue weighted by molar-refractivity contribution is 0.441. The fraction of sp³-hybridized carbons (Fsp3) is 0.143. The number of hydrogen-bond donors (Lipinski definition) is 1. The second kappa shape index (κ2) is 2.82. The minimum absolute atomic E-state index is 0.0246. The molecule has 0 saturated carbocycles. The molecule has 0 radical (unpaired) electrons. The van der Waals surface area contributed by atoms with E-state index in [1.807, 2.05) is 0 Å². The Morgan fingerprint density at radius 2 is 1.91 bits per heavy atom. The van der Waals surface area contributed by atoms with Gasteiger partial charge in [-0.15, -0.1) is 0 Å². The summed E-state index contributed by atoms with van der Waals surface area (Å²) in [6.45, 7) is -1.05. The lowest BCUT2D eigenvalue weighted by atomic mass is 10.2. The highest BCUT2D eigenvalue weighted by Gasteiger charge is 2.08. The van der Waals surface area contributed by atoms with E-state index >= 15 is 0 Å². The van der Waals surface area contributed by atoms with Gasteiger partial charge in [0.15, 0.2) is 11.6 Å². The summed E-state index contributed by atoms with van der Waals surface area (Å²) in [6.07, 6.45) is 0. The molecule has 0 bridgehead atoms. The van der Waals surface area contributed by atoms with Gasteiger partial charge in [0.05, 0.1) is 0 Å². The van der Waals surface area contributed by atoms with Gasteiger partial charge in [0.1, 0.15) is 6.67 Å². The van der Waals surface area contributed by atoms with Crippen molar-refractivity contribution in [1.82, 2.24) is 0 Å². The Morgan fingerprint density at radius 3 is 2.45 bits per heavy atom. The van der Waals surface area contributed by atoms with Gasteiger partial charge in [-0.1, -0.05) is 0 Å². The average Bonchev–Trinajstić information content (AvgIpc) is 1.96. The number of hydrogen-bond acceptors (Lipinski definition) is 1. The predicted molar refractivity (Wildman–Crippen MR) is 35.6 cm³/mol. The van der Waals surface area contributed by atoms with Crippen LogP contribution in [0.25, 0.3) is 0 Å². The Bertz CT molecular complexity index is 273. The van der Waals surface area contributed by atoms with Crippen molar-refractivity contribution in [1.29, 1.82) is 0 Å². The lowest BCUT2D eigenvalue weighted by Crippen LogP contribution is -1.95. The van der Waals surface area contributed by atoms with E-state index in [1.54, 1.807) is 0 Å². The number of halogens is 3. The lowest BCUT2D eigenvalue weighted by Gasteiger charge is -2.00. The molecule has 4 heteroatoms. The van der Waals surface area contributed by atoms with Gasteiger partial charge in [0.25, 0.3) is 0 Å². The summed E-state index contributed by atoms with van der Waals surface area (Å²) in [5, 5.41) is 0. The predicted octanol–water partition coefficient (Wildman–Crippen LogP) is 2.02. The summed E-state index contributed by atoms with van der Waals surface area (Å²) in [4.78, 5) is 0. The fourth-order valence-corrected chi connectivity index (χ4v) is 0.767. The zero-order valence-corrected chi connectivity index (χ0v) is 5.57. The molecule has 0 aliphatic carbocycles. The Balaban J connectivity index is 3.24. The third kappa shape index (κ3) is 1.45. The first-order chi connectivity index (χ1) is 5.15. The Morgan fingerprint density at radius 1 is 1.27 bits per heavy atom. The molecular formula is C7H6F3N. The normalized spacial score (nSPS) is 10.1. The first-order valence-electron chi connectivity index (χ1n) is 2.94. The molecule has 60 valence electrons. The van der Waals surface area contributed by atoms with Gasteiger partial charge in [-0.05, 0) is 12.1 Å². The molecule has 0 saturated heterocycles. The quantitative estimate of drug-likeness (QED) is 0.626. The van der Waals surface area contributed by atoms with Crippen molar-refractivity contribution in [3.8, 4) is 0 Å². The first-order valence-corrected chi connectivity index (χ1v) is 2.94. The van der Waals surface area contributed by atoms with Gasteiger partial charge in [-0.2, -0.15) is 0 Å². The minimum atomic E-state index is -1.17. The monoisotopic (exact) mass is 161 g/mol. The van der Waals surface area contributed by atoms with Crippen LogP contribution in [0.5, 0.6) is 0 Å². The molecule has 1 aromatic carbocycles. The first kappa shape index (κ1) is 7.91. The second-order valence-electron chi connectivity index (χ2n) is 2.11. The molecule has 0 fully saturated rings. The van der Waals surface area contributed by atoms with E-state index in [0.29, 0.717) is 0 Å². The Labute approximate surface area is 61.6 Å². The minimum Gasteiger partial charge on any atom is -0.399 e. The molecule has 1 rings (SSSR count). The van der Waals surface area contributed by atoms with Crippen molar-refractivity contribution in [2.24, 2.45) is 0 Å². The molecule has 1 aromatic rings. The summed E-state index contributed by atoms with van der Waals surface area (Å²) < 4.78 is 36.8. The molecule has 0 aromatic heterocycles. The maximum absolute atomic E-state index is 12.5. The molecule has 0 unspecified atom stereocenters. The van der Waals surface area contributed by atoms with Crippen LogP contribution >= 0.6 is 0 Å². The van der Waals surface area contributed by atoms with Crippen molar-refractivity contribution in [3.05, 3.63) is 29.3 Å². The molecule has 0 aliphatic rings.